The minimum atomic E-state index is -0.645. The first-order valence-electron chi connectivity index (χ1n) is 5.22. The Hall–Kier alpha value is -1.69. The molecule has 1 aromatic rings. The van der Waals surface area contributed by atoms with Crippen LogP contribution in [-0.4, -0.2) is 16.6 Å². The zero-order valence-corrected chi connectivity index (χ0v) is 9.27. The van der Waals surface area contributed by atoms with Gasteiger partial charge in [-0.15, -0.1) is 0 Å². The van der Waals surface area contributed by atoms with Crippen molar-refractivity contribution in [1.29, 1.82) is 0 Å². The van der Waals surface area contributed by atoms with Gasteiger partial charge in [-0.3, -0.25) is 10.1 Å². The summed E-state index contributed by atoms with van der Waals surface area (Å²) < 4.78 is 24.3. The standard InChI is InChI=1S/C11H10FNO4/c1-11(2)10-9(16-10)6-3-5(12)4-7(13(14)15)8(6)17-11/h3-4,9-10H,1-2H3/t9-,10?/m1/s1. The van der Waals surface area contributed by atoms with Gasteiger partial charge in [0, 0.05) is 5.56 Å². The SMILES string of the molecule is CC1(C)Oc2c(cc(F)cc2[N+](=O)[O-])[C@H]2OC21. The Morgan fingerprint density at radius 3 is 2.82 bits per heavy atom. The highest BCUT2D eigenvalue weighted by atomic mass is 19.1. The van der Waals surface area contributed by atoms with Gasteiger partial charge < -0.3 is 9.47 Å². The van der Waals surface area contributed by atoms with Gasteiger partial charge in [-0.25, -0.2) is 4.39 Å². The van der Waals surface area contributed by atoms with Crippen molar-refractivity contribution in [3.8, 4) is 5.75 Å². The number of hydrogen-bond acceptors (Lipinski definition) is 4. The van der Waals surface area contributed by atoms with E-state index in [1.54, 1.807) is 13.8 Å². The Balaban J connectivity index is 2.20. The topological polar surface area (TPSA) is 64.9 Å². The molecule has 0 saturated carbocycles. The summed E-state index contributed by atoms with van der Waals surface area (Å²) in [6.45, 7) is 3.60. The molecule has 5 nitrogen and oxygen atoms in total. The average Bonchev–Trinajstić information content (AvgIpc) is 2.98. The number of nitrogens with zero attached hydrogens (tertiary/aromatic N) is 1. The third-order valence-electron chi connectivity index (χ3n) is 3.11. The maximum absolute atomic E-state index is 13.3. The molecule has 0 aliphatic carbocycles. The van der Waals surface area contributed by atoms with Crippen LogP contribution in [0.4, 0.5) is 10.1 Å². The molecule has 2 aliphatic heterocycles. The van der Waals surface area contributed by atoms with Crippen molar-refractivity contribution in [1.82, 2.24) is 0 Å². The van der Waals surface area contributed by atoms with E-state index in [9.17, 15) is 14.5 Å². The molecule has 90 valence electrons. The molecule has 2 heterocycles. The molecule has 0 aromatic heterocycles. The predicted molar refractivity (Wildman–Crippen MR) is 55.4 cm³/mol. The van der Waals surface area contributed by atoms with Gasteiger partial charge >= 0.3 is 5.69 Å². The fraction of sp³-hybridized carbons (Fsp3) is 0.455. The van der Waals surface area contributed by atoms with Crippen LogP contribution in [0.2, 0.25) is 0 Å². The number of halogens is 1. The summed E-state index contributed by atoms with van der Waals surface area (Å²) in [6, 6.07) is 2.11. The van der Waals surface area contributed by atoms with Crippen molar-refractivity contribution in [3.05, 3.63) is 33.6 Å². The van der Waals surface area contributed by atoms with E-state index in [-0.39, 0.29) is 23.6 Å². The second kappa shape index (κ2) is 2.95. The minimum Gasteiger partial charge on any atom is -0.478 e. The first-order chi connectivity index (χ1) is 7.90. The minimum absolute atomic E-state index is 0.125. The van der Waals surface area contributed by atoms with E-state index in [0.717, 1.165) is 6.07 Å². The van der Waals surface area contributed by atoms with Crippen LogP contribution in [0.1, 0.15) is 25.5 Å². The molecule has 0 radical (unpaired) electrons. The quantitative estimate of drug-likeness (QED) is 0.428. The fourth-order valence-electron chi connectivity index (χ4n) is 2.26. The molecule has 0 spiro atoms. The molecule has 1 aromatic carbocycles. The molecule has 1 unspecified atom stereocenters. The molecule has 3 rings (SSSR count). The number of epoxide rings is 1. The molecule has 0 N–H and O–H groups in total. The Labute approximate surface area is 96.3 Å². The molecule has 1 fully saturated rings. The van der Waals surface area contributed by atoms with E-state index in [1.807, 2.05) is 0 Å². The molecule has 1 saturated heterocycles. The largest absolute Gasteiger partial charge is 0.478 e. The summed E-state index contributed by atoms with van der Waals surface area (Å²) in [7, 11) is 0. The Morgan fingerprint density at radius 1 is 1.47 bits per heavy atom. The summed E-state index contributed by atoms with van der Waals surface area (Å²) in [5, 5.41) is 10.9. The van der Waals surface area contributed by atoms with Gasteiger partial charge in [0.2, 0.25) is 5.75 Å². The number of nitro benzene ring substituents is 1. The third-order valence-corrected chi connectivity index (χ3v) is 3.11. The van der Waals surface area contributed by atoms with Crippen LogP contribution in [0.5, 0.6) is 5.75 Å². The lowest BCUT2D eigenvalue weighted by molar-refractivity contribution is -0.386. The Kier molecular flexibility index (Phi) is 1.82. The van der Waals surface area contributed by atoms with Crippen LogP contribution in [-0.2, 0) is 4.74 Å². The van der Waals surface area contributed by atoms with Crippen molar-refractivity contribution >= 4 is 5.69 Å². The first-order valence-corrected chi connectivity index (χ1v) is 5.22. The summed E-state index contributed by atoms with van der Waals surface area (Å²) >= 11 is 0. The molecule has 2 atom stereocenters. The third kappa shape index (κ3) is 1.40. The van der Waals surface area contributed by atoms with E-state index in [2.05, 4.69) is 0 Å². The molecule has 0 bridgehead atoms. The van der Waals surface area contributed by atoms with E-state index >= 15 is 0 Å². The second-order valence-corrected chi connectivity index (χ2v) is 4.78. The summed E-state index contributed by atoms with van der Waals surface area (Å²) in [4.78, 5) is 10.2. The highest BCUT2D eigenvalue weighted by molar-refractivity contribution is 5.56. The molecule has 17 heavy (non-hydrogen) atoms. The van der Waals surface area contributed by atoms with Gasteiger partial charge in [0.25, 0.3) is 0 Å². The molecular weight excluding hydrogens is 229 g/mol. The maximum Gasteiger partial charge on any atom is 0.314 e. The van der Waals surface area contributed by atoms with Gasteiger partial charge in [-0.1, -0.05) is 0 Å². The van der Waals surface area contributed by atoms with Crippen molar-refractivity contribution in [2.45, 2.75) is 31.7 Å². The summed E-state index contributed by atoms with van der Waals surface area (Å²) in [5.41, 5.74) is -0.539. The fourth-order valence-corrected chi connectivity index (χ4v) is 2.26. The van der Waals surface area contributed by atoms with Gasteiger partial charge in [0.15, 0.2) is 0 Å². The van der Waals surface area contributed by atoms with E-state index < -0.39 is 16.3 Å². The van der Waals surface area contributed by atoms with Crippen LogP contribution in [0, 0.1) is 15.9 Å². The van der Waals surface area contributed by atoms with Crippen molar-refractivity contribution < 1.29 is 18.8 Å². The zero-order chi connectivity index (χ0) is 12.4. The van der Waals surface area contributed by atoms with Crippen LogP contribution in [0.25, 0.3) is 0 Å². The van der Waals surface area contributed by atoms with Crippen molar-refractivity contribution in [3.63, 3.8) is 0 Å². The average molecular weight is 239 g/mol. The van der Waals surface area contributed by atoms with Crippen LogP contribution in [0.3, 0.4) is 0 Å². The monoisotopic (exact) mass is 239 g/mol. The lowest BCUT2D eigenvalue weighted by Crippen LogP contribution is -2.38. The van der Waals surface area contributed by atoms with Gasteiger partial charge in [-0.05, 0) is 19.9 Å². The van der Waals surface area contributed by atoms with Gasteiger partial charge in [0.05, 0.1) is 11.0 Å². The van der Waals surface area contributed by atoms with Crippen molar-refractivity contribution in [2.75, 3.05) is 0 Å². The Morgan fingerprint density at radius 2 is 2.18 bits per heavy atom. The number of benzene rings is 1. The van der Waals surface area contributed by atoms with E-state index in [1.165, 1.54) is 6.07 Å². The van der Waals surface area contributed by atoms with E-state index in [0.29, 0.717) is 5.56 Å². The lowest BCUT2D eigenvalue weighted by atomic mass is 9.94. The van der Waals surface area contributed by atoms with Crippen LogP contribution >= 0.6 is 0 Å². The van der Waals surface area contributed by atoms with Gasteiger partial charge in [0.1, 0.15) is 23.6 Å². The van der Waals surface area contributed by atoms with Crippen molar-refractivity contribution in [2.24, 2.45) is 0 Å². The Bertz CT molecular complexity index is 528. The number of ether oxygens (including phenoxy) is 2. The molecule has 6 heteroatoms. The maximum atomic E-state index is 13.3. The summed E-state index contributed by atoms with van der Waals surface area (Å²) in [6.07, 6.45) is -0.445. The molecule has 0 amide bonds. The van der Waals surface area contributed by atoms with Crippen LogP contribution < -0.4 is 4.74 Å². The highest BCUT2D eigenvalue weighted by Gasteiger charge is 2.58. The number of nitro groups is 1. The smallest absolute Gasteiger partial charge is 0.314 e. The lowest BCUT2D eigenvalue weighted by Gasteiger charge is -2.28. The molecular formula is C11H10FNO4. The predicted octanol–water partition coefficient (Wildman–Crippen LogP) is 2.34. The second-order valence-electron chi connectivity index (χ2n) is 4.78. The number of rotatable bonds is 1. The number of hydrogen-bond donors (Lipinski definition) is 0. The highest BCUT2D eigenvalue weighted by Crippen LogP contribution is 2.56. The normalized spacial score (nSPS) is 27.7. The van der Waals surface area contributed by atoms with Crippen LogP contribution in [0.15, 0.2) is 12.1 Å². The molecule has 2 aliphatic rings. The van der Waals surface area contributed by atoms with E-state index in [4.69, 9.17) is 9.47 Å². The zero-order valence-electron chi connectivity index (χ0n) is 9.27. The number of fused-ring (bicyclic) bond motifs is 3. The van der Waals surface area contributed by atoms with Gasteiger partial charge in [-0.2, -0.15) is 0 Å². The summed E-state index contributed by atoms with van der Waals surface area (Å²) in [5.74, 6) is -0.520. The first kappa shape index (κ1) is 10.5.